The van der Waals surface area contributed by atoms with Crippen LogP contribution >= 0.6 is 0 Å². The summed E-state index contributed by atoms with van der Waals surface area (Å²) in [5.74, 6) is -0.816. The number of carbonyl (C=O) groups is 2. The lowest BCUT2D eigenvalue weighted by atomic mass is 9.96. The van der Waals surface area contributed by atoms with Crippen molar-refractivity contribution < 1.29 is 23.5 Å². The van der Waals surface area contributed by atoms with E-state index in [-0.39, 0.29) is 5.82 Å². The molecular weight excluding hydrogens is 313 g/mol. The minimum absolute atomic E-state index is 0.299. The average Bonchev–Trinajstić information content (AvgIpc) is 3.02. The number of hydrogen-bond donors (Lipinski definition) is 0. The molecule has 0 aromatic heterocycles. The number of ether oxygens (including phenoxy) is 2. The fraction of sp³-hybridized carbons (Fsp3) is 0.222. The van der Waals surface area contributed by atoms with Gasteiger partial charge in [-0.2, -0.15) is 0 Å². The Morgan fingerprint density at radius 2 is 1.96 bits per heavy atom. The van der Waals surface area contributed by atoms with Crippen molar-refractivity contribution in [2.24, 2.45) is 0 Å². The molecule has 0 N–H and O–H groups in total. The summed E-state index contributed by atoms with van der Waals surface area (Å²) in [5.41, 5.74) is 1.84. The maximum Gasteiger partial charge on any atom is 0.410 e. The smallest absolute Gasteiger partial charge is 0.410 e. The van der Waals surface area contributed by atoms with Crippen LogP contribution in [-0.4, -0.2) is 37.2 Å². The van der Waals surface area contributed by atoms with Crippen LogP contribution in [0, 0.1) is 5.82 Å². The van der Waals surface area contributed by atoms with Gasteiger partial charge in [0.2, 0.25) is 0 Å². The molecule has 0 saturated carbocycles. The monoisotopic (exact) mass is 329 g/mol. The molecule has 0 spiro atoms. The molecule has 6 heteroatoms. The van der Waals surface area contributed by atoms with Crippen LogP contribution in [0.4, 0.5) is 9.18 Å². The molecule has 2 aromatic carbocycles. The fourth-order valence-corrected chi connectivity index (χ4v) is 2.79. The van der Waals surface area contributed by atoms with Gasteiger partial charge in [0.25, 0.3) is 0 Å². The summed E-state index contributed by atoms with van der Waals surface area (Å²) >= 11 is 0. The standard InChI is InChI=1S/C18H16FNO4/c1-23-17(21)14-4-2-3-13(11-14)16(20-9-10-24-18(20)22)12-5-7-15(19)8-6-12/h2-8,11,16H,9-10H2,1H3. The summed E-state index contributed by atoms with van der Waals surface area (Å²) < 4.78 is 23.0. The van der Waals surface area contributed by atoms with Crippen LogP contribution in [0.2, 0.25) is 0 Å². The summed E-state index contributed by atoms with van der Waals surface area (Å²) in [6.45, 7) is 0.719. The predicted molar refractivity (Wildman–Crippen MR) is 84.1 cm³/mol. The number of benzene rings is 2. The van der Waals surface area contributed by atoms with Crippen molar-refractivity contribution in [2.45, 2.75) is 6.04 Å². The number of esters is 1. The van der Waals surface area contributed by atoms with Crippen molar-refractivity contribution in [3.8, 4) is 0 Å². The topological polar surface area (TPSA) is 55.8 Å². The lowest BCUT2D eigenvalue weighted by molar-refractivity contribution is 0.0600. The zero-order chi connectivity index (χ0) is 17.1. The summed E-state index contributed by atoms with van der Waals surface area (Å²) in [4.78, 5) is 25.4. The summed E-state index contributed by atoms with van der Waals surface area (Å²) in [5, 5.41) is 0. The Labute approximate surface area is 138 Å². The number of methoxy groups -OCH3 is 1. The van der Waals surface area contributed by atoms with E-state index >= 15 is 0 Å². The maximum atomic E-state index is 13.3. The second-order valence-electron chi connectivity index (χ2n) is 5.38. The molecule has 0 bridgehead atoms. The highest BCUT2D eigenvalue weighted by Gasteiger charge is 2.32. The predicted octanol–water partition coefficient (Wildman–Crippen LogP) is 3.15. The van der Waals surface area contributed by atoms with Gasteiger partial charge in [0.15, 0.2) is 0 Å². The van der Waals surface area contributed by atoms with Gasteiger partial charge in [0.1, 0.15) is 12.4 Å². The summed E-state index contributed by atoms with van der Waals surface area (Å²) in [6.07, 6.45) is -0.437. The highest BCUT2D eigenvalue weighted by Crippen LogP contribution is 2.31. The van der Waals surface area contributed by atoms with Crippen LogP contribution in [0.25, 0.3) is 0 Å². The van der Waals surface area contributed by atoms with Gasteiger partial charge in [-0.15, -0.1) is 0 Å². The molecule has 1 amide bonds. The highest BCUT2D eigenvalue weighted by atomic mass is 19.1. The van der Waals surface area contributed by atoms with E-state index in [0.29, 0.717) is 18.7 Å². The normalized spacial score (nSPS) is 15.1. The van der Waals surface area contributed by atoms with Gasteiger partial charge in [-0.1, -0.05) is 24.3 Å². The minimum Gasteiger partial charge on any atom is -0.465 e. The zero-order valence-corrected chi connectivity index (χ0v) is 13.1. The summed E-state index contributed by atoms with van der Waals surface area (Å²) in [6, 6.07) is 12.3. The van der Waals surface area contributed by atoms with Crippen molar-refractivity contribution in [2.75, 3.05) is 20.3 Å². The number of carbonyl (C=O) groups excluding carboxylic acids is 2. The molecule has 0 aliphatic carbocycles. The van der Waals surface area contributed by atoms with E-state index in [1.807, 2.05) is 6.07 Å². The molecule has 5 nitrogen and oxygen atoms in total. The van der Waals surface area contributed by atoms with Crippen LogP contribution in [-0.2, 0) is 9.47 Å². The summed E-state index contributed by atoms with van der Waals surface area (Å²) in [7, 11) is 1.31. The third kappa shape index (κ3) is 3.08. The number of hydrogen-bond acceptors (Lipinski definition) is 4. The van der Waals surface area contributed by atoms with Gasteiger partial charge in [-0.3, -0.25) is 4.90 Å². The van der Waals surface area contributed by atoms with E-state index in [9.17, 15) is 14.0 Å². The molecule has 3 rings (SSSR count). The van der Waals surface area contributed by atoms with Gasteiger partial charge < -0.3 is 9.47 Å². The van der Waals surface area contributed by atoms with Gasteiger partial charge in [-0.25, -0.2) is 14.0 Å². The van der Waals surface area contributed by atoms with Crippen molar-refractivity contribution in [3.05, 3.63) is 71.0 Å². The van der Waals surface area contributed by atoms with Crippen LogP contribution in [0.1, 0.15) is 27.5 Å². The molecule has 1 heterocycles. The second kappa shape index (κ2) is 6.70. The highest BCUT2D eigenvalue weighted by molar-refractivity contribution is 5.89. The Kier molecular flexibility index (Phi) is 4.46. The van der Waals surface area contributed by atoms with E-state index in [1.54, 1.807) is 35.2 Å². The number of cyclic esters (lactones) is 1. The first-order chi connectivity index (χ1) is 11.6. The number of amides is 1. The van der Waals surface area contributed by atoms with Crippen molar-refractivity contribution in [1.29, 1.82) is 0 Å². The molecule has 2 aromatic rings. The van der Waals surface area contributed by atoms with Crippen LogP contribution < -0.4 is 0 Å². The van der Waals surface area contributed by atoms with Crippen LogP contribution in [0.3, 0.4) is 0 Å². The number of rotatable bonds is 4. The SMILES string of the molecule is COC(=O)c1cccc(C(c2ccc(F)cc2)N2CCOC2=O)c1. The van der Waals surface area contributed by atoms with Crippen LogP contribution in [0.5, 0.6) is 0 Å². The largest absolute Gasteiger partial charge is 0.465 e. The van der Waals surface area contributed by atoms with Gasteiger partial charge in [0, 0.05) is 0 Å². The first-order valence-corrected chi connectivity index (χ1v) is 7.47. The molecule has 24 heavy (non-hydrogen) atoms. The van der Waals surface area contributed by atoms with Crippen molar-refractivity contribution >= 4 is 12.1 Å². The Hall–Kier alpha value is -2.89. The number of halogens is 1. The molecule has 1 saturated heterocycles. The number of nitrogens with zero attached hydrogens (tertiary/aromatic N) is 1. The molecule has 0 radical (unpaired) electrons. The molecule has 1 fully saturated rings. The van der Waals surface area contributed by atoms with E-state index in [1.165, 1.54) is 19.2 Å². The van der Waals surface area contributed by atoms with Gasteiger partial charge in [-0.05, 0) is 35.4 Å². The van der Waals surface area contributed by atoms with Crippen molar-refractivity contribution in [3.63, 3.8) is 0 Å². The first kappa shape index (κ1) is 16.0. The quantitative estimate of drug-likeness (QED) is 0.809. The lowest BCUT2D eigenvalue weighted by Gasteiger charge is -2.27. The zero-order valence-electron chi connectivity index (χ0n) is 13.1. The molecule has 1 atom stereocenters. The minimum atomic E-state index is -0.467. The van der Waals surface area contributed by atoms with E-state index in [4.69, 9.17) is 9.47 Å². The van der Waals surface area contributed by atoms with E-state index in [0.717, 1.165) is 11.1 Å². The Morgan fingerprint density at radius 1 is 1.21 bits per heavy atom. The van der Waals surface area contributed by atoms with Crippen LogP contribution in [0.15, 0.2) is 48.5 Å². The molecular formula is C18H16FNO4. The fourth-order valence-electron chi connectivity index (χ4n) is 2.79. The third-order valence-corrected chi connectivity index (χ3v) is 3.91. The van der Waals surface area contributed by atoms with Gasteiger partial charge >= 0.3 is 12.1 Å². The van der Waals surface area contributed by atoms with Crippen molar-refractivity contribution in [1.82, 2.24) is 4.90 Å². The molecule has 1 aliphatic heterocycles. The Balaban J connectivity index is 2.06. The van der Waals surface area contributed by atoms with E-state index in [2.05, 4.69) is 0 Å². The Morgan fingerprint density at radius 3 is 2.58 bits per heavy atom. The van der Waals surface area contributed by atoms with Gasteiger partial charge in [0.05, 0.1) is 25.3 Å². The average molecular weight is 329 g/mol. The second-order valence-corrected chi connectivity index (χ2v) is 5.38. The molecule has 1 aliphatic rings. The molecule has 124 valence electrons. The maximum absolute atomic E-state index is 13.3. The third-order valence-electron chi connectivity index (χ3n) is 3.91. The lowest BCUT2D eigenvalue weighted by Crippen LogP contribution is -2.30. The molecule has 1 unspecified atom stereocenters. The van der Waals surface area contributed by atoms with E-state index < -0.39 is 18.1 Å². The first-order valence-electron chi connectivity index (χ1n) is 7.47. The Bertz CT molecular complexity index is 760.